The van der Waals surface area contributed by atoms with Crippen LogP contribution in [-0.4, -0.2) is 49.2 Å². The minimum Gasteiger partial charge on any atom is -0.477 e. The normalized spacial score (nSPS) is 10.8. The zero-order valence-corrected chi connectivity index (χ0v) is 18.2. The van der Waals surface area contributed by atoms with Gasteiger partial charge in [-0.2, -0.15) is 0 Å². The molecular weight excluding hydrogens is 390 g/mol. The molecule has 0 unspecified atom stereocenters. The molecular formula is C20H31N5O3S. The van der Waals surface area contributed by atoms with Crippen molar-refractivity contribution in [2.75, 3.05) is 38.7 Å². The number of nitrogens with one attached hydrogen (secondary N) is 2. The molecule has 0 fully saturated rings. The Morgan fingerprint density at radius 3 is 2.10 bits per heavy atom. The van der Waals surface area contributed by atoms with Crippen LogP contribution in [0.5, 0.6) is 0 Å². The van der Waals surface area contributed by atoms with E-state index in [9.17, 15) is 9.59 Å². The second-order valence-electron chi connectivity index (χ2n) is 7.64. The van der Waals surface area contributed by atoms with Gasteiger partial charge >= 0.3 is 12.0 Å². The fraction of sp³-hybridized carbons (Fsp3) is 0.400. The van der Waals surface area contributed by atoms with Gasteiger partial charge in [0.15, 0.2) is 0 Å². The molecule has 2 aromatic rings. The van der Waals surface area contributed by atoms with Gasteiger partial charge in [0.05, 0.1) is 17.9 Å². The molecule has 29 heavy (non-hydrogen) atoms. The van der Waals surface area contributed by atoms with Gasteiger partial charge in [0.25, 0.3) is 0 Å². The molecule has 7 N–H and O–H groups in total. The molecule has 0 atom stereocenters. The largest absolute Gasteiger partial charge is 0.477 e. The molecule has 160 valence electrons. The molecule has 0 spiro atoms. The summed E-state index contributed by atoms with van der Waals surface area (Å²) in [6, 6.07) is 10.3. The number of benzene rings is 1. The van der Waals surface area contributed by atoms with Crippen molar-refractivity contribution in [1.82, 2.24) is 15.5 Å². The SMILES string of the molecule is CN(C)CC(C)(C)CNC(=O)NCc1ccc(C(=O)O)s1.Nc1ccccc1N. The quantitative estimate of drug-likeness (QED) is 0.436. The highest BCUT2D eigenvalue weighted by molar-refractivity contribution is 7.13. The second kappa shape index (κ2) is 11.3. The molecule has 1 heterocycles. The molecule has 8 nitrogen and oxygen atoms in total. The predicted octanol–water partition coefficient (Wildman–Crippen LogP) is 2.68. The Morgan fingerprint density at radius 1 is 1.07 bits per heavy atom. The van der Waals surface area contributed by atoms with Gasteiger partial charge < -0.3 is 32.1 Å². The van der Waals surface area contributed by atoms with Gasteiger partial charge in [-0.15, -0.1) is 11.3 Å². The van der Waals surface area contributed by atoms with Crippen molar-refractivity contribution in [3.05, 3.63) is 46.2 Å². The number of hydrogen-bond donors (Lipinski definition) is 5. The monoisotopic (exact) mass is 421 g/mol. The number of carbonyl (C=O) groups is 2. The number of amides is 2. The molecule has 1 aromatic heterocycles. The summed E-state index contributed by atoms with van der Waals surface area (Å²) in [4.78, 5) is 25.7. The maximum Gasteiger partial charge on any atom is 0.345 e. The van der Waals surface area contributed by atoms with Gasteiger partial charge in [0.2, 0.25) is 0 Å². The van der Waals surface area contributed by atoms with Gasteiger partial charge in [-0.05, 0) is 43.8 Å². The summed E-state index contributed by atoms with van der Waals surface area (Å²) in [5.41, 5.74) is 12.1. The average molecular weight is 422 g/mol. The molecule has 0 bridgehead atoms. The molecule has 9 heteroatoms. The molecule has 2 rings (SSSR count). The van der Waals surface area contributed by atoms with E-state index in [1.165, 1.54) is 11.3 Å². The number of thiophene rings is 1. The second-order valence-corrected chi connectivity index (χ2v) is 8.81. The minimum absolute atomic E-state index is 0.0136. The molecule has 2 amide bonds. The Labute approximate surface area is 175 Å². The highest BCUT2D eigenvalue weighted by atomic mass is 32.1. The van der Waals surface area contributed by atoms with Crippen LogP contribution in [-0.2, 0) is 6.54 Å². The fourth-order valence-electron chi connectivity index (χ4n) is 2.56. The van der Waals surface area contributed by atoms with Crippen molar-refractivity contribution in [2.45, 2.75) is 20.4 Å². The predicted molar refractivity (Wildman–Crippen MR) is 119 cm³/mol. The van der Waals surface area contributed by atoms with Crippen LogP contribution in [0.1, 0.15) is 28.4 Å². The van der Waals surface area contributed by atoms with Crippen molar-refractivity contribution in [3.8, 4) is 0 Å². The van der Waals surface area contributed by atoms with Crippen LogP contribution in [0.2, 0.25) is 0 Å². The summed E-state index contributed by atoms with van der Waals surface area (Å²) >= 11 is 1.17. The lowest BCUT2D eigenvalue weighted by Crippen LogP contribution is -2.43. The first-order valence-electron chi connectivity index (χ1n) is 9.08. The topological polar surface area (TPSA) is 134 Å². The minimum atomic E-state index is -0.943. The molecule has 0 saturated heterocycles. The average Bonchev–Trinajstić information content (AvgIpc) is 3.10. The first-order valence-corrected chi connectivity index (χ1v) is 9.90. The number of carboxylic acid groups (broad SMARTS) is 1. The van der Waals surface area contributed by atoms with E-state index in [0.717, 1.165) is 11.4 Å². The number of hydrogen-bond acceptors (Lipinski definition) is 6. The van der Waals surface area contributed by atoms with Crippen LogP contribution < -0.4 is 22.1 Å². The zero-order chi connectivity index (χ0) is 22.0. The maximum atomic E-state index is 11.7. The van der Waals surface area contributed by atoms with E-state index >= 15 is 0 Å². The third-order valence-electron chi connectivity index (χ3n) is 3.76. The van der Waals surface area contributed by atoms with Crippen molar-refractivity contribution >= 4 is 34.7 Å². The molecule has 0 aliphatic heterocycles. The third kappa shape index (κ3) is 9.82. The Morgan fingerprint density at radius 2 is 1.66 bits per heavy atom. The van der Waals surface area contributed by atoms with Crippen LogP contribution in [0.15, 0.2) is 36.4 Å². The van der Waals surface area contributed by atoms with Crippen LogP contribution in [0.25, 0.3) is 0 Å². The van der Waals surface area contributed by atoms with Gasteiger partial charge in [-0.3, -0.25) is 0 Å². The van der Waals surface area contributed by atoms with E-state index in [1.54, 1.807) is 24.3 Å². The Hall–Kier alpha value is -2.78. The van der Waals surface area contributed by atoms with Crippen molar-refractivity contribution in [2.24, 2.45) is 5.41 Å². The summed E-state index contributed by atoms with van der Waals surface area (Å²) in [6.07, 6.45) is 0. The lowest BCUT2D eigenvalue weighted by atomic mass is 9.93. The van der Waals surface area contributed by atoms with Gasteiger partial charge in [0, 0.05) is 18.0 Å². The summed E-state index contributed by atoms with van der Waals surface area (Å²) in [6.45, 7) is 5.96. The smallest absolute Gasteiger partial charge is 0.345 e. The lowest BCUT2D eigenvalue weighted by molar-refractivity contribution is 0.0702. The standard InChI is InChI=1S/C14H23N3O3S.C6H8N2/c1-14(2,9-17(3)4)8-16-13(20)15-7-10-5-6-11(21-10)12(18)19;7-5-3-1-2-4-6(5)8/h5-6H,7-9H2,1-4H3,(H,18,19)(H2,15,16,20);1-4H,7-8H2. The number of anilines is 2. The molecule has 0 aliphatic carbocycles. The number of nitrogens with two attached hydrogens (primary N) is 2. The summed E-state index contributed by atoms with van der Waals surface area (Å²) in [5, 5.41) is 14.4. The highest BCUT2D eigenvalue weighted by Gasteiger charge is 2.19. The van der Waals surface area contributed by atoms with Crippen molar-refractivity contribution in [1.29, 1.82) is 0 Å². The summed E-state index contributed by atoms with van der Waals surface area (Å²) in [7, 11) is 4.00. The molecule has 0 aliphatic rings. The Balaban J connectivity index is 0.000000436. The number of carboxylic acids is 1. The highest BCUT2D eigenvalue weighted by Crippen LogP contribution is 2.16. The van der Waals surface area contributed by atoms with Gasteiger partial charge in [-0.25, -0.2) is 9.59 Å². The lowest BCUT2D eigenvalue weighted by Gasteiger charge is -2.28. The first-order chi connectivity index (χ1) is 13.5. The van der Waals surface area contributed by atoms with E-state index in [1.807, 2.05) is 26.2 Å². The zero-order valence-electron chi connectivity index (χ0n) is 17.4. The van der Waals surface area contributed by atoms with Crippen LogP contribution >= 0.6 is 11.3 Å². The maximum absolute atomic E-state index is 11.7. The Bertz CT molecular complexity index is 784. The van der Waals surface area contributed by atoms with Crippen LogP contribution in [0.4, 0.5) is 16.2 Å². The number of para-hydroxylation sites is 2. The summed E-state index contributed by atoms with van der Waals surface area (Å²) < 4.78 is 0. The van der Waals surface area contributed by atoms with E-state index in [0.29, 0.717) is 24.5 Å². The number of nitrogens with zero attached hydrogens (tertiary/aromatic N) is 1. The third-order valence-corrected chi connectivity index (χ3v) is 4.84. The first kappa shape index (κ1) is 24.3. The van der Waals surface area contributed by atoms with Gasteiger partial charge in [0.1, 0.15) is 4.88 Å². The van der Waals surface area contributed by atoms with E-state index in [2.05, 4.69) is 29.4 Å². The van der Waals surface area contributed by atoms with Crippen LogP contribution in [0.3, 0.4) is 0 Å². The number of rotatable bonds is 7. The molecule has 0 saturated carbocycles. The van der Waals surface area contributed by atoms with Gasteiger partial charge in [-0.1, -0.05) is 26.0 Å². The van der Waals surface area contributed by atoms with E-state index in [-0.39, 0.29) is 16.3 Å². The number of urea groups is 1. The van der Waals surface area contributed by atoms with Crippen LogP contribution in [0, 0.1) is 5.41 Å². The van der Waals surface area contributed by atoms with Crippen molar-refractivity contribution in [3.63, 3.8) is 0 Å². The Kier molecular flexibility index (Phi) is 9.43. The fourth-order valence-corrected chi connectivity index (χ4v) is 3.35. The number of carbonyl (C=O) groups excluding carboxylic acids is 1. The van der Waals surface area contributed by atoms with E-state index < -0.39 is 5.97 Å². The summed E-state index contributed by atoms with van der Waals surface area (Å²) in [5.74, 6) is -0.943. The number of aromatic carboxylic acids is 1. The molecule has 1 aromatic carbocycles. The van der Waals surface area contributed by atoms with Crippen molar-refractivity contribution < 1.29 is 14.7 Å². The number of nitrogen functional groups attached to an aromatic ring is 2. The molecule has 0 radical (unpaired) electrons. The van der Waals surface area contributed by atoms with E-state index in [4.69, 9.17) is 16.6 Å².